The van der Waals surface area contributed by atoms with Crippen LogP contribution in [0.15, 0.2) is 18.2 Å². The van der Waals surface area contributed by atoms with Gasteiger partial charge in [-0.2, -0.15) is 0 Å². The number of aromatic carboxylic acids is 1. The maximum absolute atomic E-state index is 11.7. The molecule has 0 heterocycles. The third-order valence-electron chi connectivity index (χ3n) is 2.96. The van der Waals surface area contributed by atoms with Gasteiger partial charge in [-0.25, -0.2) is 4.79 Å². The van der Waals surface area contributed by atoms with Gasteiger partial charge >= 0.3 is 5.97 Å². The molecule has 19 heavy (non-hydrogen) atoms. The van der Waals surface area contributed by atoms with Crippen LogP contribution < -0.4 is 10.6 Å². The second kappa shape index (κ2) is 6.89. The lowest BCUT2D eigenvalue weighted by Crippen LogP contribution is -2.33. The van der Waals surface area contributed by atoms with E-state index in [9.17, 15) is 9.59 Å². The number of anilines is 1. The van der Waals surface area contributed by atoms with E-state index in [0.717, 1.165) is 6.42 Å². The Hall–Kier alpha value is -1.88. The summed E-state index contributed by atoms with van der Waals surface area (Å²) in [7, 11) is 0. The van der Waals surface area contributed by atoms with Crippen molar-refractivity contribution in [1.82, 2.24) is 5.32 Å². The molecule has 5 nitrogen and oxygen atoms in total. The van der Waals surface area contributed by atoms with Crippen molar-refractivity contribution in [3.05, 3.63) is 29.3 Å². The second-order valence-electron chi connectivity index (χ2n) is 4.57. The Balaban J connectivity index is 2.60. The molecule has 1 atom stereocenters. The molecule has 0 fully saturated rings. The predicted octanol–water partition coefficient (Wildman–Crippen LogP) is 2.02. The highest BCUT2D eigenvalue weighted by molar-refractivity contribution is 5.94. The molecule has 5 heteroatoms. The number of benzene rings is 1. The number of amides is 1. The molecule has 1 rings (SSSR count). The molecule has 3 N–H and O–H groups in total. The highest BCUT2D eigenvalue weighted by Gasteiger charge is 2.09. The lowest BCUT2D eigenvalue weighted by molar-refractivity contribution is -0.115. The van der Waals surface area contributed by atoms with Gasteiger partial charge in [0.2, 0.25) is 5.91 Å². The summed E-state index contributed by atoms with van der Waals surface area (Å²) in [5.74, 6) is -1.10. The molecule has 0 aliphatic heterocycles. The normalized spacial score (nSPS) is 11.9. The quantitative estimate of drug-likeness (QED) is 0.734. The first-order valence-corrected chi connectivity index (χ1v) is 6.31. The Morgan fingerprint density at radius 3 is 2.58 bits per heavy atom. The Bertz CT molecular complexity index is 472. The molecular formula is C14H20N2O3. The molecule has 0 saturated heterocycles. The van der Waals surface area contributed by atoms with E-state index in [4.69, 9.17) is 5.11 Å². The van der Waals surface area contributed by atoms with Crippen LogP contribution in [0.5, 0.6) is 0 Å². The third-order valence-corrected chi connectivity index (χ3v) is 2.96. The summed E-state index contributed by atoms with van der Waals surface area (Å²) in [6, 6.07) is 5.04. The highest BCUT2D eigenvalue weighted by Crippen LogP contribution is 2.15. The number of carbonyl (C=O) groups excluding carboxylic acids is 1. The number of carboxylic acid groups (broad SMARTS) is 1. The smallest absolute Gasteiger partial charge is 0.335 e. The second-order valence-corrected chi connectivity index (χ2v) is 4.57. The SMILES string of the molecule is CCC(C)NCC(=O)Nc1ccc(C(=O)O)c(C)c1. The molecule has 0 radical (unpaired) electrons. The zero-order chi connectivity index (χ0) is 14.4. The topological polar surface area (TPSA) is 78.4 Å². The van der Waals surface area contributed by atoms with Crippen molar-refractivity contribution in [3.8, 4) is 0 Å². The molecule has 0 saturated carbocycles. The number of rotatable bonds is 6. The molecule has 1 amide bonds. The van der Waals surface area contributed by atoms with E-state index >= 15 is 0 Å². The summed E-state index contributed by atoms with van der Waals surface area (Å²) in [5, 5.41) is 14.7. The van der Waals surface area contributed by atoms with Gasteiger partial charge in [-0.05, 0) is 44.0 Å². The number of carbonyl (C=O) groups is 2. The van der Waals surface area contributed by atoms with E-state index in [0.29, 0.717) is 17.3 Å². The molecule has 0 aromatic heterocycles. The van der Waals surface area contributed by atoms with Crippen molar-refractivity contribution in [2.24, 2.45) is 0 Å². The van der Waals surface area contributed by atoms with Crippen molar-refractivity contribution in [1.29, 1.82) is 0 Å². The first-order valence-electron chi connectivity index (χ1n) is 6.31. The first-order chi connectivity index (χ1) is 8.93. The van der Waals surface area contributed by atoms with Crippen LogP contribution in [0.4, 0.5) is 5.69 Å². The Morgan fingerprint density at radius 2 is 2.05 bits per heavy atom. The fourth-order valence-corrected chi connectivity index (χ4v) is 1.60. The fourth-order valence-electron chi connectivity index (χ4n) is 1.60. The van der Waals surface area contributed by atoms with E-state index in [1.807, 2.05) is 13.8 Å². The Morgan fingerprint density at radius 1 is 1.37 bits per heavy atom. The van der Waals surface area contributed by atoms with Crippen molar-refractivity contribution >= 4 is 17.6 Å². The third kappa shape index (κ3) is 4.71. The van der Waals surface area contributed by atoms with Crippen LogP contribution in [0.2, 0.25) is 0 Å². The summed E-state index contributed by atoms with van der Waals surface area (Å²) in [6.07, 6.45) is 0.958. The minimum atomic E-state index is -0.964. The van der Waals surface area contributed by atoms with Gasteiger partial charge < -0.3 is 15.7 Å². The largest absolute Gasteiger partial charge is 0.478 e. The van der Waals surface area contributed by atoms with Crippen molar-refractivity contribution in [2.45, 2.75) is 33.2 Å². The van der Waals surface area contributed by atoms with Gasteiger partial charge in [0.25, 0.3) is 0 Å². The van der Waals surface area contributed by atoms with Gasteiger partial charge in [-0.1, -0.05) is 6.92 Å². The van der Waals surface area contributed by atoms with Crippen LogP contribution in [0.3, 0.4) is 0 Å². The van der Waals surface area contributed by atoms with Gasteiger partial charge in [0, 0.05) is 11.7 Å². The number of hydrogen-bond acceptors (Lipinski definition) is 3. The molecule has 1 unspecified atom stereocenters. The Labute approximate surface area is 113 Å². The molecular weight excluding hydrogens is 244 g/mol. The van der Waals surface area contributed by atoms with Crippen LogP contribution in [0.25, 0.3) is 0 Å². The summed E-state index contributed by atoms with van der Waals surface area (Å²) in [5.41, 5.74) is 1.48. The first kappa shape index (κ1) is 15.2. The molecule has 104 valence electrons. The number of carboxylic acids is 1. The van der Waals surface area contributed by atoms with Gasteiger partial charge in [0.15, 0.2) is 0 Å². The van der Waals surface area contributed by atoms with Gasteiger partial charge in [0.05, 0.1) is 12.1 Å². The van der Waals surface area contributed by atoms with Crippen LogP contribution in [0, 0.1) is 6.92 Å². The monoisotopic (exact) mass is 264 g/mol. The summed E-state index contributed by atoms with van der Waals surface area (Å²) >= 11 is 0. The summed E-state index contributed by atoms with van der Waals surface area (Å²) in [4.78, 5) is 22.5. The number of hydrogen-bond donors (Lipinski definition) is 3. The van der Waals surface area contributed by atoms with Crippen LogP contribution in [-0.2, 0) is 4.79 Å². The van der Waals surface area contributed by atoms with Gasteiger partial charge in [-0.15, -0.1) is 0 Å². The van der Waals surface area contributed by atoms with E-state index in [1.54, 1.807) is 19.1 Å². The maximum Gasteiger partial charge on any atom is 0.335 e. The molecule has 0 aliphatic rings. The predicted molar refractivity (Wildman–Crippen MR) is 74.5 cm³/mol. The fraction of sp³-hybridized carbons (Fsp3) is 0.429. The number of nitrogens with one attached hydrogen (secondary N) is 2. The molecule has 1 aromatic rings. The van der Waals surface area contributed by atoms with E-state index in [1.165, 1.54) is 6.07 Å². The molecule has 1 aromatic carbocycles. The average molecular weight is 264 g/mol. The highest BCUT2D eigenvalue weighted by atomic mass is 16.4. The number of aryl methyl sites for hydroxylation is 1. The minimum absolute atomic E-state index is 0.136. The Kier molecular flexibility index (Phi) is 5.51. The zero-order valence-corrected chi connectivity index (χ0v) is 11.5. The van der Waals surface area contributed by atoms with Crippen molar-refractivity contribution in [2.75, 3.05) is 11.9 Å². The summed E-state index contributed by atoms with van der Waals surface area (Å²) < 4.78 is 0. The van der Waals surface area contributed by atoms with Crippen LogP contribution >= 0.6 is 0 Å². The summed E-state index contributed by atoms with van der Waals surface area (Å²) in [6.45, 7) is 6.01. The van der Waals surface area contributed by atoms with Crippen LogP contribution in [-0.4, -0.2) is 29.6 Å². The molecule has 0 aliphatic carbocycles. The maximum atomic E-state index is 11.7. The van der Waals surface area contributed by atoms with E-state index < -0.39 is 5.97 Å². The average Bonchev–Trinajstić information content (AvgIpc) is 2.35. The van der Waals surface area contributed by atoms with E-state index in [2.05, 4.69) is 10.6 Å². The van der Waals surface area contributed by atoms with Crippen molar-refractivity contribution < 1.29 is 14.7 Å². The molecule has 0 bridgehead atoms. The lowest BCUT2D eigenvalue weighted by atomic mass is 10.1. The van der Waals surface area contributed by atoms with E-state index in [-0.39, 0.29) is 18.0 Å². The van der Waals surface area contributed by atoms with Crippen LogP contribution in [0.1, 0.15) is 36.2 Å². The lowest BCUT2D eigenvalue weighted by Gasteiger charge is -2.12. The van der Waals surface area contributed by atoms with Gasteiger partial charge in [-0.3, -0.25) is 4.79 Å². The standard InChI is InChI=1S/C14H20N2O3/c1-4-10(3)15-8-13(17)16-11-5-6-12(14(18)19)9(2)7-11/h5-7,10,15H,4,8H2,1-3H3,(H,16,17)(H,18,19). The molecule has 0 spiro atoms. The minimum Gasteiger partial charge on any atom is -0.478 e. The van der Waals surface area contributed by atoms with Gasteiger partial charge in [0.1, 0.15) is 0 Å². The zero-order valence-electron chi connectivity index (χ0n) is 11.5. The van der Waals surface area contributed by atoms with Crippen molar-refractivity contribution in [3.63, 3.8) is 0 Å².